The normalized spacial score (nSPS) is 16.2. The van der Waals surface area contributed by atoms with E-state index in [1.807, 2.05) is 6.92 Å². The predicted octanol–water partition coefficient (Wildman–Crippen LogP) is 1.29. The molecule has 0 atom stereocenters. The minimum absolute atomic E-state index is 0. The van der Waals surface area contributed by atoms with Crippen molar-refractivity contribution in [2.45, 2.75) is 26.2 Å². The van der Waals surface area contributed by atoms with E-state index in [0.29, 0.717) is 0 Å². The number of likely N-dealkylation sites (tertiary alicyclic amines) is 1. The van der Waals surface area contributed by atoms with Crippen molar-refractivity contribution in [1.82, 2.24) is 15.5 Å². The van der Waals surface area contributed by atoms with Crippen LogP contribution >= 0.6 is 24.0 Å². The van der Waals surface area contributed by atoms with Gasteiger partial charge >= 0.3 is 0 Å². The van der Waals surface area contributed by atoms with Gasteiger partial charge in [-0.25, -0.2) is 0 Å². The molecule has 0 radical (unpaired) electrons. The van der Waals surface area contributed by atoms with Crippen LogP contribution in [-0.4, -0.2) is 63.8 Å². The number of hydrogen-bond donors (Lipinski definition) is 2. The highest BCUT2D eigenvalue weighted by Gasteiger charge is 2.10. The second-order valence-corrected chi connectivity index (χ2v) is 4.52. The lowest BCUT2D eigenvalue weighted by molar-refractivity contribution is 0.152. The Hall–Kier alpha value is -0.0800. The van der Waals surface area contributed by atoms with Crippen LogP contribution in [0.15, 0.2) is 4.99 Å². The molecule has 0 unspecified atom stereocenters. The maximum Gasteiger partial charge on any atom is 0.191 e. The Labute approximate surface area is 134 Å². The van der Waals surface area contributed by atoms with Crippen LogP contribution in [-0.2, 0) is 4.74 Å². The molecule has 1 aliphatic rings. The van der Waals surface area contributed by atoms with Gasteiger partial charge in [-0.3, -0.25) is 4.99 Å². The maximum atomic E-state index is 5.27. The third-order valence-corrected chi connectivity index (χ3v) is 3.11. The molecule has 0 aromatic heterocycles. The standard InChI is InChI=1S/C13H28N4O.HI/c1-3-18-12-8-16-13(14-2)15-7-6-11-17-9-4-5-10-17;/h3-12H2,1-2H3,(H2,14,15,16);1H. The van der Waals surface area contributed by atoms with E-state index in [2.05, 4.69) is 20.5 Å². The number of guanidine groups is 1. The third kappa shape index (κ3) is 9.45. The van der Waals surface area contributed by atoms with E-state index in [1.54, 1.807) is 7.05 Å². The molecule has 0 spiro atoms. The van der Waals surface area contributed by atoms with Gasteiger partial charge in [-0.2, -0.15) is 0 Å². The van der Waals surface area contributed by atoms with Crippen molar-refractivity contribution in [3.8, 4) is 0 Å². The number of rotatable bonds is 8. The van der Waals surface area contributed by atoms with Crippen LogP contribution in [0.5, 0.6) is 0 Å². The fourth-order valence-corrected chi connectivity index (χ4v) is 2.12. The van der Waals surface area contributed by atoms with Gasteiger partial charge in [0.15, 0.2) is 5.96 Å². The topological polar surface area (TPSA) is 48.9 Å². The summed E-state index contributed by atoms with van der Waals surface area (Å²) in [5.41, 5.74) is 0. The van der Waals surface area contributed by atoms with Crippen LogP contribution in [0, 0.1) is 0 Å². The summed E-state index contributed by atoms with van der Waals surface area (Å²) in [7, 11) is 1.80. The van der Waals surface area contributed by atoms with Gasteiger partial charge in [0.25, 0.3) is 0 Å². The van der Waals surface area contributed by atoms with E-state index in [1.165, 1.54) is 38.9 Å². The van der Waals surface area contributed by atoms with Crippen LogP contribution in [0.2, 0.25) is 0 Å². The van der Waals surface area contributed by atoms with Gasteiger partial charge in [0.1, 0.15) is 0 Å². The lowest BCUT2D eigenvalue weighted by atomic mass is 10.4. The Morgan fingerprint density at radius 2 is 1.89 bits per heavy atom. The lowest BCUT2D eigenvalue weighted by Crippen LogP contribution is -2.40. The molecule has 1 aliphatic heterocycles. The van der Waals surface area contributed by atoms with Crippen molar-refractivity contribution < 1.29 is 4.74 Å². The van der Waals surface area contributed by atoms with Crippen LogP contribution in [0.25, 0.3) is 0 Å². The smallest absolute Gasteiger partial charge is 0.191 e. The van der Waals surface area contributed by atoms with Crippen molar-refractivity contribution >= 4 is 29.9 Å². The van der Waals surface area contributed by atoms with Crippen LogP contribution in [0.1, 0.15) is 26.2 Å². The summed E-state index contributed by atoms with van der Waals surface area (Å²) in [6, 6.07) is 0. The van der Waals surface area contributed by atoms with E-state index in [0.717, 1.165) is 32.3 Å². The number of ether oxygens (including phenoxy) is 1. The van der Waals surface area contributed by atoms with Crippen molar-refractivity contribution in [2.24, 2.45) is 4.99 Å². The summed E-state index contributed by atoms with van der Waals surface area (Å²) >= 11 is 0. The predicted molar refractivity (Wildman–Crippen MR) is 91.6 cm³/mol. The number of nitrogens with one attached hydrogen (secondary N) is 2. The zero-order valence-electron chi connectivity index (χ0n) is 12.3. The highest BCUT2D eigenvalue weighted by molar-refractivity contribution is 14.0. The molecule has 2 N–H and O–H groups in total. The van der Waals surface area contributed by atoms with E-state index in [-0.39, 0.29) is 24.0 Å². The zero-order chi connectivity index (χ0) is 13.1. The minimum atomic E-state index is 0. The van der Waals surface area contributed by atoms with E-state index >= 15 is 0 Å². The van der Waals surface area contributed by atoms with Gasteiger partial charge in [0.05, 0.1) is 6.61 Å². The first-order chi connectivity index (χ1) is 8.86. The molecular weight excluding hydrogens is 355 g/mol. The molecule has 6 heteroatoms. The highest BCUT2D eigenvalue weighted by atomic mass is 127. The first-order valence-corrected chi connectivity index (χ1v) is 7.11. The number of aliphatic imine (C=N–C) groups is 1. The quantitative estimate of drug-likeness (QED) is 0.287. The Bertz CT molecular complexity index is 233. The molecule has 5 nitrogen and oxygen atoms in total. The molecule has 0 aromatic carbocycles. The lowest BCUT2D eigenvalue weighted by Gasteiger charge is -2.15. The molecule has 1 fully saturated rings. The molecule has 1 rings (SSSR count). The Morgan fingerprint density at radius 1 is 1.21 bits per heavy atom. The first kappa shape index (κ1) is 18.9. The maximum absolute atomic E-state index is 5.27. The van der Waals surface area contributed by atoms with Gasteiger partial charge in [-0.15, -0.1) is 24.0 Å². The summed E-state index contributed by atoms with van der Waals surface area (Å²) in [4.78, 5) is 6.71. The SMILES string of the molecule is CCOCCNC(=NC)NCCCN1CCCC1.I. The van der Waals surface area contributed by atoms with Crippen molar-refractivity contribution in [2.75, 3.05) is 53.0 Å². The van der Waals surface area contributed by atoms with Gasteiger partial charge < -0.3 is 20.3 Å². The average Bonchev–Trinajstić information content (AvgIpc) is 2.90. The fraction of sp³-hybridized carbons (Fsp3) is 0.923. The van der Waals surface area contributed by atoms with E-state index in [9.17, 15) is 0 Å². The van der Waals surface area contributed by atoms with Crippen molar-refractivity contribution in [1.29, 1.82) is 0 Å². The Kier molecular flexibility index (Phi) is 12.9. The van der Waals surface area contributed by atoms with Crippen molar-refractivity contribution in [3.05, 3.63) is 0 Å². The molecule has 1 saturated heterocycles. The van der Waals surface area contributed by atoms with Gasteiger partial charge in [0, 0.05) is 26.7 Å². The van der Waals surface area contributed by atoms with Gasteiger partial charge in [-0.05, 0) is 45.8 Å². The molecular formula is C13H29IN4O. The molecule has 0 amide bonds. The summed E-state index contributed by atoms with van der Waals surface area (Å²) in [6.07, 6.45) is 3.91. The second kappa shape index (κ2) is 12.9. The van der Waals surface area contributed by atoms with Crippen LogP contribution in [0.3, 0.4) is 0 Å². The number of halogens is 1. The summed E-state index contributed by atoms with van der Waals surface area (Å²) < 4.78 is 5.27. The second-order valence-electron chi connectivity index (χ2n) is 4.52. The fourth-order valence-electron chi connectivity index (χ4n) is 2.12. The number of nitrogens with zero attached hydrogens (tertiary/aromatic N) is 2. The Balaban J connectivity index is 0.00000324. The molecule has 114 valence electrons. The van der Waals surface area contributed by atoms with Crippen molar-refractivity contribution in [3.63, 3.8) is 0 Å². The van der Waals surface area contributed by atoms with Crippen LogP contribution in [0.4, 0.5) is 0 Å². The van der Waals surface area contributed by atoms with E-state index < -0.39 is 0 Å². The molecule has 19 heavy (non-hydrogen) atoms. The summed E-state index contributed by atoms with van der Waals surface area (Å²) in [6.45, 7) is 9.04. The zero-order valence-corrected chi connectivity index (χ0v) is 14.6. The molecule has 0 aromatic rings. The average molecular weight is 384 g/mol. The first-order valence-electron chi connectivity index (χ1n) is 7.11. The molecule has 0 bridgehead atoms. The summed E-state index contributed by atoms with van der Waals surface area (Å²) in [5.74, 6) is 0.871. The largest absolute Gasteiger partial charge is 0.380 e. The van der Waals surface area contributed by atoms with Gasteiger partial charge in [0.2, 0.25) is 0 Å². The van der Waals surface area contributed by atoms with Gasteiger partial charge in [-0.1, -0.05) is 0 Å². The highest BCUT2D eigenvalue weighted by Crippen LogP contribution is 2.06. The summed E-state index contributed by atoms with van der Waals surface area (Å²) in [5, 5.41) is 6.56. The molecule has 1 heterocycles. The Morgan fingerprint density at radius 3 is 2.53 bits per heavy atom. The molecule has 0 saturated carbocycles. The monoisotopic (exact) mass is 384 g/mol. The third-order valence-electron chi connectivity index (χ3n) is 3.11. The van der Waals surface area contributed by atoms with Crippen LogP contribution < -0.4 is 10.6 Å². The minimum Gasteiger partial charge on any atom is -0.380 e. The van der Waals surface area contributed by atoms with E-state index in [4.69, 9.17) is 4.74 Å². The number of hydrogen-bond acceptors (Lipinski definition) is 3. The molecule has 0 aliphatic carbocycles.